The van der Waals surface area contributed by atoms with Gasteiger partial charge < -0.3 is 15.2 Å². The average molecular weight is 273 g/mol. The fourth-order valence-corrected chi connectivity index (χ4v) is 2.03. The Bertz CT molecular complexity index is 499. The van der Waals surface area contributed by atoms with E-state index in [1.165, 1.54) is 13.4 Å². The number of phenolic OH excluding ortho intramolecular Hbond substituents is 1. The second-order valence-corrected chi connectivity index (χ2v) is 6.50. The molecule has 102 valence electrons. The number of ether oxygens (including phenoxy) is 1. The fourth-order valence-electron chi connectivity index (χ4n) is 1.54. The number of hydrogen-bond donors (Lipinski definition) is 2. The topological polar surface area (TPSA) is 75.6 Å². The molecule has 1 aromatic rings. The van der Waals surface area contributed by atoms with Gasteiger partial charge in [0.2, 0.25) is 0 Å². The largest absolute Gasteiger partial charge is 0.504 e. The smallest absolute Gasteiger partial charge is 0.160 e. The Morgan fingerprint density at radius 1 is 1.44 bits per heavy atom. The first-order chi connectivity index (χ1) is 8.33. The van der Waals surface area contributed by atoms with Crippen molar-refractivity contribution >= 4 is 9.84 Å². The minimum Gasteiger partial charge on any atom is -0.504 e. The summed E-state index contributed by atoms with van der Waals surface area (Å²) in [5.74, 6) is 0.598. The molecular weight excluding hydrogens is 254 g/mol. The van der Waals surface area contributed by atoms with Crippen LogP contribution in [0.15, 0.2) is 18.2 Å². The van der Waals surface area contributed by atoms with Crippen LogP contribution >= 0.6 is 0 Å². The van der Waals surface area contributed by atoms with Crippen LogP contribution < -0.4 is 10.1 Å². The van der Waals surface area contributed by atoms with Gasteiger partial charge in [-0.1, -0.05) is 6.07 Å². The van der Waals surface area contributed by atoms with E-state index >= 15 is 0 Å². The Balaban J connectivity index is 2.64. The van der Waals surface area contributed by atoms with Gasteiger partial charge >= 0.3 is 0 Å². The van der Waals surface area contributed by atoms with Crippen molar-refractivity contribution in [3.05, 3.63) is 23.8 Å². The molecule has 2 N–H and O–H groups in total. The predicted octanol–water partition coefficient (Wildman–Crippen LogP) is 1.10. The van der Waals surface area contributed by atoms with Crippen molar-refractivity contribution in [1.82, 2.24) is 5.32 Å². The highest BCUT2D eigenvalue weighted by Crippen LogP contribution is 2.28. The molecule has 0 spiro atoms. The molecule has 0 aliphatic carbocycles. The Hall–Kier alpha value is -1.27. The number of nitrogens with one attached hydrogen (secondary N) is 1. The lowest BCUT2D eigenvalue weighted by molar-refractivity contribution is 0.372. The summed E-state index contributed by atoms with van der Waals surface area (Å²) >= 11 is 0. The van der Waals surface area contributed by atoms with Crippen molar-refractivity contribution < 1.29 is 18.3 Å². The van der Waals surface area contributed by atoms with Crippen molar-refractivity contribution in [1.29, 1.82) is 0 Å². The summed E-state index contributed by atoms with van der Waals surface area (Å²) in [6, 6.07) is 5.05. The first-order valence-electron chi connectivity index (χ1n) is 5.61. The Kier molecular flexibility index (Phi) is 4.98. The summed E-state index contributed by atoms with van der Waals surface area (Å²) in [6.07, 6.45) is 1.21. The molecular formula is C12H19NO4S. The van der Waals surface area contributed by atoms with Gasteiger partial charge in [0, 0.05) is 18.8 Å². The van der Waals surface area contributed by atoms with Gasteiger partial charge in [0.15, 0.2) is 11.5 Å². The first-order valence-corrected chi connectivity index (χ1v) is 7.67. The van der Waals surface area contributed by atoms with Gasteiger partial charge in [-0.3, -0.25) is 0 Å². The highest BCUT2D eigenvalue weighted by Gasteiger charge is 2.10. The molecule has 1 aromatic carbocycles. The van der Waals surface area contributed by atoms with E-state index < -0.39 is 9.84 Å². The summed E-state index contributed by atoms with van der Waals surface area (Å²) in [6.45, 7) is 2.32. The number of benzene rings is 1. The number of phenols is 1. The summed E-state index contributed by atoms with van der Waals surface area (Å²) < 4.78 is 27.0. The van der Waals surface area contributed by atoms with Crippen LogP contribution in [0.4, 0.5) is 0 Å². The molecule has 1 unspecified atom stereocenters. The molecule has 0 bridgehead atoms. The Morgan fingerprint density at radius 2 is 2.11 bits per heavy atom. The van der Waals surface area contributed by atoms with Crippen LogP contribution in [-0.2, 0) is 9.84 Å². The van der Waals surface area contributed by atoms with Gasteiger partial charge in [0.05, 0.1) is 12.9 Å². The second-order valence-electron chi connectivity index (χ2n) is 4.24. The summed E-state index contributed by atoms with van der Waals surface area (Å²) in [5, 5.41) is 12.6. The third-order valence-corrected chi connectivity index (χ3v) is 3.57. The molecule has 0 aliphatic rings. The van der Waals surface area contributed by atoms with E-state index in [0.717, 1.165) is 5.56 Å². The van der Waals surface area contributed by atoms with E-state index in [1.807, 2.05) is 6.92 Å². The molecule has 0 saturated carbocycles. The summed E-state index contributed by atoms with van der Waals surface area (Å²) in [4.78, 5) is 0. The molecule has 6 heteroatoms. The SMILES string of the molecule is COc1cc(C(C)NCCS(C)(=O)=O)ccc1O. The summed E-state index contributed by atoms with van der Waals surface area (Å²) in [5.41, 5.74) is 0.929. The van der Waals surface area contributed by atoms with E-state index in [4.69, 9.17) is 4.74 Å². The van der Waals surface area contributed by atoms with Crippen molar-refractivity contribution in [2.45, 2.75) is 13.0 Å². The van der Waals surface area contributed by atoms with Gasteiger partial charge in [-0.05, 0) is 24.6 Å². The van der Waals surface area contributed by atoms with Crippen LogP contribution in [0.25, 0.3) is 0 Å². The number of aromatic hydroxyl groups is 1. The Labute approximate surface area is 108 Å². The predicted molar refractivity (Wildman–Crippen MR) is 70.8 cm³/mol. The van der Waals surface area contributed by atoms with E-state index in [0.29, 0.717) is 12.3 Å². The molecule has 18 heavy (non-hydrogen) atoms. The monoisotopic (exact) mass is 273 g/mol. The maximum Gasteiger partial charge on any atom is 0.160 e. The average Bonchev–Trinajstić information content (AvgIpc) is 2.27. The van der Waals surface area contributed by atoms with E-state index in [2.05, 4.69) is 5.32 Å². The lowest BCUT2D eigenvalue weighted by atomic mass is 10.1. The molecule has 0 aliphatic heterocycles. The second kappa shape index (κ2) is 6.06. The van der Waals surface area contributed by atoms with Gasteiger partial charge in [-0.2, -0.15) is 0 Å². The molecule has 1 atom stereocenters. The minimum atomic E-state index is -2.95. The quantitative estimate of drug-likeness (QED) is 0.811. The zero-order chi connectivity index (χ0) is 13.8. The van der Waals surface area contributed by atoms with Gasteiger partial charge in [-0.25, -0.2) is 8.42 Å². The lowest BCUT2D eigenvalue weighted by Gasteiger charge is -2.15. The van der Waals surface area contributed by atoms with Crippen molar-refractivity contribution in [2.24, 2.45) is 0 Å². The van der Waals surface area contributed by atoms with Crippen molar-refractivity contribution in [2.75, 3.05) is 25.7 Å². The number of sulfone groups is 1. The third-order valence-electron chi connectivity index (χ3n) is 2.63. The fraction of sp³-hybridized carbons (Fsp3) is 0.500. The van der Waals surface area contributed by atoms with Gasteiger partial charge in [0.25, 0.3) is 0 Å². The maximum atomic E-state index is 11.0. The van der Waals surface area contributed by atoms with E-state index in [1.54, 1.807) is 18.2 Å². The first kappa shape index (κ1) is 14.8. The van der Waals surface area contributed by atoms with Crippen LogP contribution in [0, 0.1) is 0 Å². The van der Waals surface area contributed by atoms with Crippen LogP contribution in [0.3, 0.4) is 0 Å². The molecule has 5 nitrogen and oxygen atoms in total. The number of methoxy groups -OCH3 is 1. The van der Waals surface area contributed by atoms with Gasteiger partial charge in [0.1, 0.15) is 9.84 Å². The summed E-state index contributed by atoms with van der Waals surface area (Å²) in [7, 11) is -1.46. The van der Waals surface area contributed by atoms with E-state index in [9.17, 15) is 13.5 Å². The third kappa shape index (κ3) is 4.54. The molecule has 0 amide bonds. The van der Waals surface area contributed by atoms with Crippen LogP contribution in [0.2, 0.25) is 0 Å². The van der Waals surface area contributed by atoms with Gasteiger partial charge in [-0.15, -0.1) is 0 Å². The molecule has 1 rings (SSSR count). The minimum absolute atomic E-state index is 0.0127. The molecule has 0 aromatic heterocycles. The number of hydrogen-bond acceptors (Lipinski definition) is 5. The van der Waals surface area contributed by atoms with Crippen molar-refractivity contribution in [3.8, 4) is 11.5 Å². The standard InChI is InChI=1S/C12H19NO4S/c1-9(13-6-7-18(3,15)16)10-4-5-11(14)12(8-10)17-2/h4-5,8-9,13-14H,6-7H2,1-3H3. The lowest BCUT2D eigenvalue weighted by Crippen LogP contribution is -2.25. The molecule has 0 fully saturated rings. The van der Waals surface area contributed by atoms with E-state index in [-0.39, 0.29) is 17.5 Å². The van der Waals surface area contributed by atoms with Crippen LogP contribution in [0.1, 0.15) is 18.5 Å². The zero-order valence-electron chi connectivity index (χ0n) is 10.8. The van der Waals surface area contributed by atoms with Crippen LogP contribution in [0.5, 0.6) is 11.5 Å². The highest BCUT2D eigenvalue weighted by atomic mass is 32.2. The zero-order valence-corrected chi connectivity index (χ0v) is 11.6. The van der Waals surface area contributed by atoms with Crippen LogP contribution in [-0.4, -0.2) is 39.2 Å². The van der Waals surface area contributed by atoms with Crippen molar-refractivity contribution in [3.63, 3.8) is 0 Å². The normalized spacial score (nSPS) is 13.3. The molecule has 0 saturated heterocycles. The molecule has 0 radical (unpaired) electrons. The highest BCUT2D eigenvalue weighted by molar-refractivity contribution is 7.90. The Morgan fingerprint density at radius 3 is 2.67 bits per heavy atom. The molecule has 0 heterocycles. The number of rotatable bonds is 6. The maximum absolute atomic E-state index is 11.0.